The fraction of sp³-hybridized carbons (Fsp3) is 0.321. The van der Waals surface area contributed by atoms with Gasteiger partial charge < -0.3 is 19.5 Å². The molecule has 0 saturated carbocycles. The Hall–Kier alpha value is -3.65. The Balaban J connectivity index is 1.63. The standard InChI is InChI=1S/C28H33N3O8S2/c1-4-39-24-10-8-23(9-11-24)31(40(33,34)25-12-5-21(2)6-13-25)20-28(32)29-22-7-14-26(37-3)27(19-22)41(35,36)30-15-17-38-18-16-30/h5-14,19H,4,15-18,20H2,1-3H3,(H,29,32). The van der Waals surface area contributed by atoms with E-state index in [1.165, 1.54) is 41.7 Å². The number of nitrogens with one attached hydrogen (secondary N) is 1. The average Bonchev–Trinajstić information content (AvgIpc) is 2.97. The quantitative estimate of drug-likeness (QED) is 0.353. The molecule has 1 heterocycles. The third-order valence-corrected chi connectivity index (χ3v) is 10.1. The summed E-state index contributed by atoms with van der Waals surface area (Å²) in [6.45, 7) is 4.48. The van der Waals surface area contributed by atoms with E-state index in [0.717, 1.165) is 9.87 Å². The smallest absolute Gasteiger partial charge is 0.264 e. The lowest BCUT2D eigenvalue weighted by molar-refractivity contribution is -0.114. The van der Waals surface area contributed by atoms with E-state index in [1.807, 2.05) is 13.8 Å². The van der Waals surface area contributed by atoms with E-state index in [-0.39, 0.29) is 53.2 Å². The fourth-order valence-corrected chi connectivity index (χ4v) is 7.25. The first-order valence-electron chi connectivity index (χ1n) is 12.9. The number of ether oxygens (including phenoxy) is 3. The van der Waals surface area contributed by atoms with Crippen molar-refractivity contribution in [3.05, 3.63) is 72.3 Å². The van der Waals surface area contributed by atoms with Crippen molar-refractivity contribution >= 4 is 37.3 Å². The summed E-state index contributed by atoms with van der Waals surface area (Å²) in [4.78, 5) is 13.2. The van der Waals surface area contributed by atoms with Gasteiger partial charge in [-0.1, -0.05) is 17.7 Å². The van der Waals surface area contributed by atoms with Gasteiger partial charge in [-0.3, -0.25) is 9.10 Å². The molecule has 1 amide bonds. The van der Waals surface area contributed by atoms with Crippen molar-refractivity contribution in [1.29, 1.82) is 0 Å². The molecule has 41 heavy (non-hydrogen) atoms. The minimum absolute atomic E-state index is 0.0214. The van der Waals surface area contributed by atoms with E-state index in [9.17, 15) is 21.6 Å². The lowest BCUT2D eigenvalue weighted by Crippen LogP contribution is -2.40. The van der Waals surface area contributed by atoms with Crippen LogP contribution in [0.25, 0.3) is 0 Å². The number of hydrogen-bond acceptors (Lipinski definition) is 8. The van der Waals surface area contributed by atoms with Gasteiger partial charge in [0, 0.05) is 18.8 Å². The van der Waals surface area contributed by atoms with E-state index in [1.54, 1.807) is 36.4 Å². The van der Waals surface area contributed by atoms with Gasteiger partial charge in [0.25, 0.3) is 10.0 Å². The van der Waals surface area contributed by atoms with Gasteiger partial charge >= 0.3 is 0 Å². The molecule has 3 aromatic rings. The van der Waals surface area contributed by atoms with E-state index < -0.39 is 32.5 Å². The van der Waals surface area contributed by atoms with Gasteiger partial charge in [0.1, 0.15) is 22.9 Å². The van der Waals surface area contributed by atoms with Gasteiger partial charge in [0.15, 0.2) is 0 Å². The molecular formula is C28H33N3O8S2. The van der Waals surface area contributed by atoms with Gasteiger partial charge in [0.05, 0.1) is 37.5 Å². The lowest BCUT2D eigenvalue weighted by Gasteiger charge is -2.27. The monoisotopic (exact) mass is 603 g/mol. The van der Waals surface area contributed by atoms with Gasteiger partial charge in [-0.15, -0.1) is 0 Å². The molecule has 1 N–H and O–H groups in total. The first kappa shape index (κ1) is 30.3. The maximum absolute atomic E-state index is 13.7. The van der Waals surface area contributed by atoms with Gasteiger partial charge in [-0.2, -0.15) is 4.31 Å². The molecule has 11 nitrogen and oxygen atoms in total. The highest BCUT2D eigenvalue weighted by atomic mass is 32.2. The summed E-state index contributed by atoms with van der Waals surface area (Å²) in [5.41, 5.74) is 1.31. The third-order valence-electron chi connectivity index (χ3n) is 6.37. The normalized spacial score (nSPS) is 14.3. The number of hydrogen-bond donors (Lipinski definition) is 1. The highest BCUT2D eigenvalue weighted by molar-refractivity contribution is 7.92. The van der Waals surface area contributed by atoms with Crippen molar-refractivity contribution in [2.75, 3.05) is 56.2 Å². The zero-order chi connectivity index (χ0) is 29.6. The molecule has 0 aromatic heterocycles. The minimum Gasteiger partial charge on any atom is -0.495 e. The van der Waals surface area contributed by atoms with Crippen LogP contribution in [0.1, 0.15) is 12.5 Å². The van der Waals surface area contributed by atoms with Crippen LogP contribution in [-0.4, -0.2) is 73.6 Å². The maximum Gasteiger partial charge on any atom is 0.264 e. The van der Waals surface area contributed by atoms with Crippen LogP contribution >= 0.6 is 0 Å². The maximum atomic E-state index is 13.7. The Bertz CT molecular complexity index is 1570. The van der Waals surface area contributed by atoms with Gasteiger partial charge in [-0.25, -0.2) is 16.8 Å². The molecule has 0 atom stereocenters. The van der Waals surface area contributed by atoms with Crippen LogP contribution in [-0.2, 0) is 29.6 Å². The molecule has 4 rings (SSSR count). The average molecular weight is 604 g/mol. The predicted molar refractivity (Wildman–Crippen MR) is 155 cm³/mol. The number of carbonyl (C=O) groups excluding carboxylic acids is 1. The van der Waals surface area contributed by atoms with Gasteiger partial charge in [-0.05, 0) is 68.4 Å². The molecule has 0 unspecified atom stereocenters. The summed E-state index contributed by atoms with van der Waals surface area (Å²) < 4.78 is 72.4. The van der Waals surface area contributed by atoms with Crippen LogP contribution in [0, 0.1) is 6.92 Å². The van der Waals surface area contributed by atoms with Gasteiger partial charge in [0.2, 0.25) is 15.9 Å². The zero-order valence-corrected chi connectivity index (χ0v) is 24.7. The molecule has 3 aromatic carbocycles. The first-order valence-corrected chi connectivity index (χ1v) is 15.8. The number of morpholine rings is 1. The summed E-state index contributed by atoms with van der Waals surface area (Å²) in [5, 5.41) is 2.64. The molecule has 0 aliphatic carbocycles. The first-order chi connectivity index (χ1) is 19.6. The molecule has 13 heteroatoms. The second-order valence-corrected chi connectivity index (χ2v) is 13.0. The summed E-state index contributed by atoms with van der Waals surface area (Å²) in [7, 11) is -6.73. The van der Waals surface area contributed by atoms with E-state index >= 15 is 0 Å². The van der Waals surface area contributed by atoms with Crippen LogP contribution in [0.2, 0.25) is 0 Å². The Morgan fingerprint density at radius 1 is 0.976 bits per heavy atom. The second kappa shape index (κ2) is 12.9. The van der Waals surface area contributed by atoms with Crippen molar-refractivity contribution in [3.8, 4) is 11.5 Å². The largest absolute Gasteiger partial charge is 0.495 e. The SMILES string of the molecule is CCOc1ccc(N(CC(=O)Nc2ccc(OC)c(S(=O)(=O)N3CCOCC3)c2)S(=O)(=O)c2ccc(C)cc2)cc1. The molecule has 1 saturated heterocycles. The summed E-state index contributed by atoms with van der Waals surface area (Å²) in [6, 6.07) is 16.9. The Labute approximate surface area is 240 Å². The Morgan fingerprint density at radius 3 is 2.24 bits per heavy atom. The molecular weight excluding hydrogens is 570 g/mol. The van der Waals surface area contributed by atoms with Crippen LogP contribution in [0.3, 0.4) is 0 Å². The number of aryl methyl sites for hydroxylation is 1. The minimum atomic E-state index is -4.14. The van der Waals surface area contributed by atoms with Crippen molar-refractivity contribution in [2.24, 2.45) is 0 Å². The molecule has 0 spiro atoms. The topological polar surface area (TPSA) is 132 Å². The molecule has 220 valence electrons. The number of anilines is 2. The van der Waals surface area contributed by atoms with E-state index in [0.29, 0.717) is 12.4 Å². The third kappa shape index (κ3) is 6.99. The Morgan fingerprint density at radius 2 is 1.63 bits per heavy atom. The summed E-state index contributed by atoms with van der Waals surface area (Å²) in [5.74, 6) is 0.00235. The van der Waals surface area contributed by atoms with Crippen molar-refractivity contribution < 1.29 is 35.8 Å². The summed E-state index contributed by atoms with van der Waals surface area (Å²) >= 11 is 0. The van der Waals surface area contributed by atoms with Crippen LogP contribution in [0.15, 0.2) is 76.5 Å². The van der Waals surface area contributed by atoms with Crippen LogP contribution < -0.4 is 19.1 Å². The fourth-order valence-electron chi connectivity index (χ4n) is 4.24. The number of methoxy groups -OCH3 is 1. The molecule has 1 fully saturated rings. The van der Waals surface area contributed by atoms with Crippen molar-refractivity contribution in [2.45, 2.75) is 23.6 Å². The number of amides is 1. The molecule has 0 radical (unpaired) electrons. The number of sulfonamides is 2. The molecule has 0 bridgehead atoms. The number of nitrogens with zero attached hydrogens (tertiary/aromatic N) is 2. The van der Waals surface area contributed by atoms with E-state index in [2.05, 4.69) is 5.32 Å². The second-order valence-electron chi connectivity index (χ2n) is 9.18. The van der Waals surface area contributed by atoms with Crippen LogP contribution in [0.4, 0.5) is 11.4 Å². The molecule has 1 aliphatic heterocycles. The van der Waals surface area contributed by atoms with Crippen molar-refractivity contribution in [1.82, 2.24) is 4.31 Å². The van der Waals surface area contributed by atoms with E-state index in [4.69, 9.17) is 14.2 Å². The van der Waals surface area contributed by atoms with Crippen molar-refractivity contribution in [3.63, 3.8) is 0 Å². The highest BCUT2D eigenvalue weighted by Crippen LogP contribution is 2.31. The number of benzene rings is 3. The highest BCUT2D eigenvalue weighted by Gasteiger charge is 2.31. The number of carbonyl (C=O) groups is 1. The predicted octanol–water partition coefficient (Wildman–Crippen LogP) is 3.26. The zero-order valence-electron chi connectivity index (χ0n) is 23.1. The summed E-state index contributed by atoms with van der Waals surface area (Å²) in [6.07, 6.45) is 0. The molecule has 1 aliphatic rings. The number of rotatable bonds is 11. The Kier molecular flexibility index (Phi) is 9.53. The van der Waals surface area contributed by atoms with Crippen LogP contribution in [0.5, 0.6) is 11.5 Å². The lowest BCUT2D eigenvalue weighted by atomic mass is 10.2.